The molecule has 0 spiro atoms. The average Bonchev–Trinajstić information content (AvgIpc) is 3.12. The van der Waals surface area contributed by atoms with E-state index < -0.39 is 0 Å². The van der Waals surface area contributed by atoms with Gasteiger partial charge in [-0.3, -0.25) is 4.79 Å². The first kappa shape index (κ1) is 16.0. The SMILES string of the molecule is Cc1c(Cl)cccc1NC(=O)CNc1ccc(-n2cncn2)cc1. The lowest BCUT2D eigenvalue weighted by atomic mass is 10.2. The summed E-state index contributed by atoms with van der Waals surface area (Å²) in [4.78, 5) is 16.0. The molecule has 0 saturated heterocycles. The van der Waals surface area contributed by atoms with E-state index in [1.165, 1.54) is 6.33 Å². The van der Waals surface area contributed by atoms with Crippen LogP contribution < -0.4 is 10.6 Å². The van der Waals surface area contributed by atoms with Gasteiger partial charge < -0.3 is 10.6 Å². The average molecular weight is 342 g/mol. The van der Waals surface area contributed by atoms with Crippen LogP contribution in [0.3, 0.4) is 0 Å². The summed E-state index contributed by atoms with van der Waals surface area (Å²) in [6.45, 7) is 2.03. The van der Waals surface area contributed by atoms with E-state index in [1.807, 2.05) is 37.3 Å². The molecule has 1 aromatic heterocycles. The molecular weight excluding hydrogens is 326 g/mol. The molecule has 0 unspecified atom stereocenters. The molecule has 1 amide bonds. The Hall–Kier alpha value is -2.86. The molecule has 0 radical (unpaired) electrons. The van der Waals surface area contributed by atoms with Gasteiger partial charge in [-0.15, -0.1) is 0 Å². The topological polar surface area (TPSA) is 71.8 Å². The molecule has 24 heavy (non-hydrogen) atoms. The Labute approximate surface area is 144 Å². The van der Waals surface area contributed by atoms with Gasteiger partial charge in [0.15, 0.2) is 0 Å². The highest BCUT2D eigenvalue weighted by atomic mass is 35.5. The molecule has 2 aromatic carbocycles. The minimum Gasteiger partial charge on any atom is -0.376 e. The van der Waals surface area contributed by atoms with Crippen LogP contribution in [0.1, 0.15) is 5.56 Å². The van der Waals surface area contributed by atoms with Gasteiger partial charge in [-0.2, -0.15) is 5.10 Å². The Morgan fingerprint density at radius 1 is 1.21 bits per heavy atom. The first-order valence-electron chi connectivity index (χ1n) is 7.37. The molecule has 7 heteroatoms. The largest absolute Gasteiger partial charge is 0.376 e. The number of carbonyl (C=O) groups is 1. The van der Waals surface area contributed by atoms with E-state index in [-0.39, 0.29) is 12.5 Å². The van der Waals surface area contributed by atoms with Crippen LogP contribution in [0.5, 0.6) is 0 Å². The van der Waals surface area contributed by atoms with Crippen molar-refractivity contribution in [2.24, 2.45) is 0 Å². The van der Waals surface area contributed by atoms with Crippen molar-refractivity contribution in [1.82, 2.24) is 14.8 Å². The summed E-state index contributed by atoms with van der Waals surface area (Å²) in [6, 6.07) is 13.0. The van der Waals surface area contributed by atoms with E-state index in [0.29, 0.717) is 5.02 Å². The monoisotopic (exact) mass is 341 g/mol. The van der Waals surface area contributed by atoms with Crippen LogP contribution in [0.25, 0.3) is 5.69 Å². The van der Waals surface area contributed by atoms with Crippen LogP contribution in [-0.4, -0.2) is 27.2 Å². The number of carbonyl (C=O) groups excluding carboxylic acids is 1. The van der Waals surface area contributed by atoms with Gasteiger partial charge in [0.2, 0.25) is 5.91 Å². The third-order valence-electron chi connectivity index (χ3n) is 3.55. The minimum atomic E-state index is -0.138. The molecule has 0 aliphatic heterocycles. The van der Waals surface area contributed by atoms with Gasteiger partial charge in [-0.05, 0) is 48.9 Å². The van der Waals surface area contributed by atoms with Crippen molar-refractivity contribution in [2.45, 2.75) is 6.92 Å². The van der Waals surface area contributed by atoms with Crippen molar-refractivity contribution in [1.29, 1.82) is 0 Å². The van der Waals surface area contributed by atoms with E-state index in [4.69, 9.17) is 11.6 Å². The van der Waals surface area contributed by atoms with Crippen molar-refractivity contribution in [3.05, 3.63) is 65.7 Å². The molecule has 0 aliphatic carbocycles. The summed E-state index contributed by atoms with van der Waals surface area (Å²) >= 11 is 6.05. The number of hydrogen-bond acceptors (Lipinski definition) is 4. The van der Waals surface area contributed by atoms with E-state index in [1.54, 1.807) is 23.1 Å². The zero-order chi connectivity index (χ0) is 16.9. The summed E-state index contributed by atoms with van der Waals surface area (Å²) in [5.74, 6) is -0.138. The Balaban J connectivity index is 1.57. The van der Waals surface area contributed by atoms with Gasteiger partial charge in [0.25, 0.3) is 0 Å². The Kier molecular flexibility index (Phi) is 4.77. The van der Waals surface area contributed by atoms with Gasteiger partial charge in [0.1, 0.15) is 12.7 Å². The quantitative estimate of drug-likeness (QED) is 0.747. The van der Waals surface area contributed by atoms with Crippen molar-refractivity contribution in [3.8, 4) is 5.69 Å². The van der Waals surface area contributed by atoms with E-state index in [9.17, 15) is 4.79 Å². The predicted octanol–water partition coefficient (Wildman–Crippen LogP) is 3.28. The van der Waals surface area contributed by atoms with Gasteiger partial charge in [0, 0.05) is 16.4 Å². The number of benzene rings is 2. The highest BCUT2D eigenvalue weighted by Crippen LogP contribution is 2.22. The molecule has 6 nitrogen and oxygen atoms in total. The lowest BCUT2D eigenvalue weighted by Crippen LogP contribution is -2.22. The van der Waals surface area contributed by atoms with E-state index >= 15 is 0 Å². The fourth-order valence-electron chi connectivity index (χ4n) is 2.19. The summed E-state index contributed by atoms with van der Waals surface area (Å²) in [5.41, 5.74) is 3.31. The van der Waals surface area contributed by atoms with Crippen LogP contribution in [0.4, 0.5) is 11.4 Å². The molecule has 3 aromatic rings. The smallest absolute Gasteiger partial charge is 0.243 e. The van der Waals surface area contributed by atoms with Crippen molar-refractivity contribution in [3.63, 3.8) is 0 Å². The summed E-state index contributed by atoms with van der Waals surface area (Å²) in [6.07, 6.45) is 3.11. The lowest BCUT2D eigenvalue weighted by Gasteiger charge is -2.11. The van der Waals surface area contributed by atoms with Crippen molar-refractivity contribution in [2.75, 3.05) is 17.2 Å². The number of halogens is 1. The number of aromatic nitrogens is 3. The number of rotatable bonds is 5. The molecule has 3 rings (SSSR count). The maximum atomic E-state index is 12.1. The van der Waals surface area contributed by atoms with Gasteiger partial charge in [0.05, 0.1) is 12.2 Å². The fraction of sp³-hybridized carbons (Fsp3) is 0.118. The first-order valence-corrected chi connectivity index (χ1v) is 7.75. The zero-order valence-electron chi connectivity index (χ0n) is 13.0. The summed E-state index contributed by atoms with van der Waals surface area (Å²) < 4.78 is 1.67. The van der Waals surface area contributed by atoms with Crippen molar-refractivity contribution < 1.29 is 4.79 Å². The van der Waals surface area contributed by atoms with Crippen LogP contribution in [0.15, 0.2) is 55.1 Å². The van der Waals surface area contributed by atoms with E-state index in [0.717, 1.165) is 22.6 Å². The molecule has 122 valence electrons. The molecular formula is C17H16ClN5O. The molecule has 0 saturated carbocycles. The van der Waals surface area contributed by atoms with Crippen LogP contribution in [-0.2, 0) is 4.79 Å². The highest BCUT2D eigenvalue weighted by molar-refractivity contribution is 6.31. The molecule has 1 heterocycles. The number of nitrogens with one attached hydrogen (secondary N) is 2. The Morgan fingerprint density at radius 2 is 2.00 bits per heavy atom. The third kappa shape index (κ3) is 3.72. The second kappa shape index (κ2) is 7.14. The molecule has 0 fully saturated rings. The lowest BCUT2D eigenvalue weighted by molar-refractivity contribution is -0.114. The molecule has 0 atom stereocenters. The number of hydrogen-bond donors (Lipinski definition) is 2. The maximum Gasteiger partial charge on any atom is 0.243 e. The summed E-state index contributed by atoms with van der Waals surface area (Å²) in [5, 5.41) is 10.6. The van der Waals surface area contributed by atoms with Gasteiger partial charge >= 0.3 is 0 Å². The second-order valence-corrected chi connectivity index (χ2v) is 5.61. The summed E-state index contributed by atoms with van der Waals surface area (Å²) in [7, 11) is 0. The third-order valence-corrected chi connectivity index (χ3v) is 3.95. The number of nitrogens with zero attached hydrogens (tertiary/aromatic N) is 3. The van der Waals surface area contributed by atoms with Crippen LogP contribution in [0.2, 0.25) is 5.02 Å². The Morgan fingerprint density at radius 3 is 2.71 bits per heavy atom. The normalized spacial score (nSPS) is 10.4. The Bertz CT molecular complexity index is 831. The molecule has 0 bridgehead atoms. The second-order valence-electron chi connectivity index (χ2n) is 5.20. The van der Waals surface area contributed by atoms with Crippen LogP contribution in [0, 0.1) is 6.92 Å². The molecule has 2 N–H and O–H groups in total. The molecule has 0 aliphatic rings. The van der Waals surface area contributed by atoms with E-state index in [2.05, 4.69) is 20.7 Å². The first-order chi connectivity index (χ1) is 11.6. The maximum absolute atomic E-state index is 12.1. The predicted molar refractivity (Wildman–Crippen MR) is 94.7 cm³/mol. The highest BCUT2D eigenvalue weighted by Gasteiger charge is 2.06. The van der Waals surface area contributed by atoms with Crippen molar-refractivity contribution >= 4 is 28.9 Å². The van der Waals surface area contributed by atoms with Gasteiger partial charge in [-0.1, -0.05) is 17.7 Å². The van der Waals surface area contributed by atoms with Crippen LogP contribution >= 0.6 is 11.6 Å². The zero-order valence-corrected chi connectivity index (χ0v) is 13.8. The standard InChI is InChI=1S/C17H16ClN5O/c1-12-15(18)3-2-4-16(12)22-17(24)9-20-13-5-7-14(8-6-13)23-11-19-10-21-23/h2-8,10-11,20H,9H2,1H3,(H,22,24). The minimum absolute atomic E-state index is 0.138. The van der Waals surface area contributed by atoms with Gasteiger partial charge in [-0.25, -0.2) is 9.67 Å². The number of amides is 1. The fourth-order valence-corrected chi connectivity index (χ4v) is 2.37. The number of anilines is 2.